The minimum absolute atomic E-state index is 0.0553. The summed E-state index contributed by atoms with van der Waals surface area (Å²) < 4.78 is 0. The van der Waals surface area contributed by atoms with Gasteiger partial charge < -0.3 is 5.32 Å². The van der Waals surface area contributed by atoms with E-state index in [9.17, 15) is 10.1 Å². The van der Waals surface area contributed by atoms with Crippen molar-refractivity contribution in [3.63, 3.8) is 0 Å². The Kier molecular flexibility index (Phi) is 6.30. The van der Waals surface area contributed by atoms with Gasteiger partial charge in [0.2, 0.25) is 5.91 Å². The predicted octanol–water partition coefficient (Wildman–Crippen LogP) is 4.52. The molecule has 126 valence electrons. The summed E-state index contributed by atoms with van der Waals surface area (Å²) in [5.41, 5.74) is 0.566. The molecule has 2 atom stereocenters. The van der Waals surface area contributed by atoms with E-state index in [1.165, 1.54) is 17.3 Å². The van der Waals surface area contributed by atoms with Crippen LogP contribution < -0.4 is 5.32 Å². The number of hydrogen-bond acceptors (Lipinski definition) is 3. The van der Waals surface area contributed by atoms with Gasteiger partial charge in [0.25, 0.3) is 0 Å². The van der Waals surface area contributed by atoms with Crippen LogP contribution in [-0.2, 0) is 10.2 Å². The molecule has 0 aliphatic carbocycles. The minimum atomic E-state index is -0.831. The molecule has 0 spiro atoms. The number of thioether (sulfide) groups is 1. The van der Waals surface area contributed by atoms with Gasteiger partial charge in [-0.1, -0.05) is 46.8 Å². The lowest BCUT2D eigenvalue weighted by Crippen LogP contribution is -2.51. The van der Waals surface area contributed by atoms with Crippen molar-refractivity contribution in [3.8, 4) is 6.07 Å². The number of carbonyl (C=O) groups is 1. The number of nitrogens with zero attached hydrogens (tertiary/aromatic N) is 1. The lowest BCUT2D eigenvalue weighted by atomic mass is 9.87. The van der Waals surface area contributed by atoms with Gasteiger partial charge >= 0.3 is 0 Å². The van der Waals surface area contributed by atoms with Crippen LogP contribution in [0.5, 0.6) is 0 Å². The van der Waals surface area contributed by atoms with Crippen LogP contribution in [-0.4, -0.2) is 16.7 Å². The number of carbonyl (C=O) groups excluding carboxylic acids is 1. The van der Waals surface area contributed by atoms with Crippen LogP contribution in [0.1, 0.15) is 54.0 Å². The minimum Gasteiger partial charge on any atom is -0.337 e. The summed E-state index contributed by atoms with van der Waals surface area (Å²) in [7, 11) is 0. The van der Waals surface area contributed by atoms with E-state index < -0.39 is 5.54 Å². The molecule has 0 heterocycles. The van der Waals surface area contributed by atoms with E-state index in [4.69, 9.17) is 0 Å². The highest BCUT2D eigenvalue weighted by Gasteiger charge is 2.31. The fourth-order valence-corrected chi connectivity index (χ4v) is 2.82. The average molecular weight is 333 g/mol. The molecular weight excluding hydrogens is 304 g/mol. The Balaban J connectivity index is 2.74. The van der Waals surface area contributed by atoms with Crippen molar-refractivity contribution >= 4 is 17.7 Å². The van der Waals surface area contributed by atoms with Gasteiger partial charge in [-0.05, 0) is 42.9 Å². The first-order chi connectivity index (χ1) is 10.5. The van der Waals surface area contributed by atoms with Crippen LogP contribution in [0.2, 0.25) is 0 Å². The molecule has 23 heavy (non-hydrogen) atoms. The van der Waals surface area contributed by atoms with Gasteiger partial charge in [-0.25, -0.2) is 0 Å². The van der Waals surface area contributed by atoms with Crippen LogP contribution in [0.25, 0.3) is 0 Å². The molecule has 0 aliphatic heterocycles. The van der Waals surface area contributed by atoms with E-state index in [1.807, 2.05) is 20.8 Å². The second-order valence-corrected chi connectivity index (χ2v) is 8.91. The fraction of sp³-hybridized carbons (Fsp3) is 0.579. The van der Waals surface area contributed by atoms with Crippen molar-refractivity contribution in [2.75, 3.05) is 0 Å². The molecule has 1 aromatic rings. The summed E-state index contributed by atoms with van der Waals surface area (Å²) in [6.45, 7) is 14.1. The summed E-state index contributed by atoms with van der Waals surface area (Å²) >= 11 is 1.51. The van der Waals surface area contributed by atoms with Crippen LogP contribution in [0.3, 0.4) is 0 Å². The van der Waals surface area contributed by atoms with Crippen molar-refractivity contribution in [1.82, 2.24) is 5.32 Å². The van der Waals surface area contributed by atoms with E-state index in [-0.39, 0.29) is 22.5 Å². The number of nitriles is 1. The maximum Gasteiger partial charge on any atom is 0.234 e. The topological polar surface area (TPSA) is 52.9 Å². The zero-order valence-electron chi connectivity index (χ0n) is 15.2. The van der Waals surface area contributed by atoms with E-state index in [0.717, 1.165) is 4.90 Å². The summed E-state index contributed by atoms with van der Waals surface area (Å²) in [6, 6.07) is 10.5. The van der Waals surface area contributed by atoms with Gasteiger partial charge in [-0.15, -0.1) is 11.8 Å². The van der Waals surface area contributed by atoms with Gasteiger partial charge in [0.05, 0.1) is 11.3 Å². The molecule has 4 heteroatoms. The van der Waals surface area contributed by atoms with Gasteiger partial charge in [0.1, 0.15) is 5.54 Å². The number of benzene rings is 1. The highest BCUT2D eigenvalue weighted by molar-refractivity contribution is 8.00. The highest BCUT2D eigenvalue weighted by atomic mass is 32.2. The molecular formula is C19H28N2OS. The Morgan fingerprint density at radius 2 is 1.65 bits per heavy atom. The predicted molar refractivity (Wildman–Crippen MR) is 97.5 cm³/mol. The molecule has 1 amide bonds. The molecule has 0 saturated heterocycles. The molecule has 0 radical (unpaired) electrons. The first-order valence-corrected chi connectivity index (χ1v) is 8.88. The average Bonchev–Trinajstić information content (AvgIpc) is 2.46. The monoisotopic (exact) mass is 332 g/mol. The number of amides is 1. The van der Waals surface area contributed by atoms with Crippen molar-refractivity contribution in [1.29, 1.82) is 5.26 Å². The summed E-state index contributed by atoms with van der Waals surface area (Å²) in [6.07, 6.45) is 0. The maximum absolute atomic E-state index is 12.4. The van der Waals surface area contributed by atoms with Crippen LogP contribution in [0.15, 0.2) is 29.2 Å². The van der Waals surface area contributed by atoms with Crippen molar-refractivity contribution in [3.05, 3.63) is 29.8 Å². The number of hydrogen-bond donors (Lipinski definition) is 1. The first-order valence-electron chi connectivity index (χ1n) is 8.00. The van der Waals surface area contributed by atoms with Crippen LogP contribution in [0.4, 0.5) is 0 Å². The van der Waals surface area contributed by atoms with Crippen molar-refractivity contribution in [2.24, 2.45) is 5.92 Å². The molecule has 0 bridgehead atoms. The van der Waals surface area contributed by atoms with Gasteiger partial charge in [-0.3, -0.25) is 4.79 Å². The molecule has 0 saturated carbocycles. The Bertz CT molecular complexity index is 581. The van der Waals surface area contributed by atoms with E-state index in [2.05, 4.69) is 56.4 Å². The smallest absolute Gasteiger partial charge is 0.234 e. The molecule has 1 N–H and O–H groups in total. The lowest BCUT2D eigenvalue weighted by Gasteiger charge is -2.28. The maximum atomic E-state index is 12.4. The Hall–Kier alpha value is -1.47. The fourth-order valence-electron chi connectivity index (χ4n) is 1.95. The molecule has 0 fully saturated rings. The third-order valence-corrected chi connectivity index (χ3v) is 5.28. The van der Waals surface area contributed by atoms with E-state index >= 15 is 0 Å². The molecule has 0 aliphatic rings. The van der Waals surface area contributed by atoms with Crippen LogP contribution >= 0.6 is 11.8 Å². The zero-order valence-corrected chi connectivity index (χ0v) is 16.0. The summed E-state index contributed by atoms with van der Waals surface area (Å²) in [4.78, 5) is 13.4. The summed E-state index contributed by atoms with van der Waals surface area (Å²) in [5.74, 6) is -0.0487. The molecule has 0 unspecified atom stereocenters. The van der Waals surface area contributed by atoms with E-state index in [0.29, 0.717) is 0 Å². The van der Waals surface area contributed by atoms with Gasteiger partial charge in [0.15, 0.2) is 0 Å². The van der Waals surface area contributed by atoms with E-state index in [1.54, 1.807) is 6.92 Å². The SMILES string of the molecule is CC(C)[C@@](C)(C#N)NC(=O)[C@@H](C)Sc1ccc(C(C)(C)C)cc1. The Labute approximate surface area is 144 Å². The quantitative estimate of drug-likeness (QED) is 0.807. The van der Waals surface area contributed by atoms with Gasteiger partial charge in [-0.2, -0.15) is 5.26 Å². The normalized spacial score (nSPS) is 15.6. The Morgan fingerprint density at radius 1 is 1.13 bits per heavy atom. The summed E-state index contributed by atoms with van der Waals surface area (Å²) in [5, 5.41) is 11.9. The van der Waals surface area contributed by atoms with Crippen molar-refractivity contribution in [2.45, 2.75) is 69.6 Å². The molecule has 1 aromatic carbocycles. The van der Waals surface area contributed by atoms with Crippen LogP contribution in [0, 0.1) is 17.2 Å². The van der Waals surface area contributed by atoms with Gasteiger partial charge in [0, 0.05) is 4.90 Å². The standard InChI is InChI=1S/C19H28N2OS/c1-13(2)19(7,12-20)21-17(22)14(3)23-16-10-8-15(9-11-16)18(4,5)6/h8-11,13-14H,1-7H3,(H,21,22)/t14-,19-/m1/s1. The number of nitrogens with one attached hydrogen (secondary N) is 1. The third-order valence-electron chi connectivity index (χ3n) is 4.17. The molecule has 3 nitrogen and oxygen atoms in total. The Morgan fingerprint density at radius 3 is 2.04 bits per heavy atom. The largest absolute Gasteiger partial charge is 0.337 e. The number of rotatable bonds is 5. The zero-order chi connectivity index (χ0) is 17.8. The second kappa shape index (κ2) is 7.40. The van der Waals surface area contributed by atoms with Crippen molar-refractivity contribution < 1.29 is 4.79 Å². The molecule has 0 aromatic heterocycles. The first kappa shape index (κ1) is 19.6. The lowest BCUT2D eigenvalue weighted by molar-refractivity contribution is -0.121. The second-order valence-electron chi connectivity index (χ2n) is 7.49. The molecule has 1 rings (SSSR count). The highest BCUT2D eigenvalue weighted by Crippen LogP contribution is 2.28. The third kappa shape index (κ3) is 5.28.